The lowest BCUT2D eigenvalue weighted by Crippen LogP contribution is -2.44. The first kappa shape index (κ1) is 26.4. The van der Waals surface area contributed by atoms with Crippen molar-refractivity contribution >= 4 is 44.6 Å². The quantitative estimate of drug-likeness (QED) is 0.234. The van der Waals surface area contributed by atoms with Crippen molar-refractivity contribution in [3.8, 4) is 11.1 Å². The number of fused-ring (bicyclic) bond motifs is 1. The van der Waals surface area contributed by atoms with E-state index in [1.54, 1.807) is 12.3 Å². The maximum atomic E-state index is 15.2. The van der Waals surface area contributed by atoms with E-state index in [4.69, 9.17) is 11.6 Å². The number of rotatable bonds is 8. The highest BCUT2D eigenvalue weighted by molar-refractivity contribution is 7.21. The molecule has 0 radical (unpaired) electrons. The van der Waals surface area contributed by atoms with Crippen molar-refractivity contribution in [1.82, 2.24) is 10.2 Å². The van der Waals surface area contributed by atoms with Gasteiger partial charge in [-0.2, -0.15) is 0 Å². The van der Waals surface area contributed by atoms with Gasteiger partial charge in [0.25, 0.3) is 5.91 Å². The van der Waals surface area contributed by atoms with Gasteiger partial charge in [0.15, 0.2) is 0 Å². The second-order valence-corrected chi connectivity index (χ2v) is 11.1. The van der Waals surface area contributed by atoms with Crippen LogP contribution in [0.3, 0.4) is 0 Å². The molecule has 5 rings (SSSR count). The van der Waals surface area contributed by atoms with E-state index in [0.29, 0.717) is 21.5 Å². The maximum Gasteiger partial charge on any atom is 0.266 e. The van der Waals surface area contributed by atoms with Gasteiger partial charge < -0.3 is 15.5 Å². The van der Waals surface area contributed by atoms with E-state index in [1.807, 2.05) is 66.5 Å². The van der Waals surface area contributed by atoms with Crippen molar-refractivity contribution in [1.29, 1.82) is 0 Å². The number of halogens is 2. The molecule has 0 spiro atoms. The van der Waals surface area contributed by atoms with E-state index in [1.165, 1.54) is 17.4 Å². The highest BCUT2D eigenvalue weighted by Gasteiger charge is 2.32. The minimum atomic E-state index is -0.317. The van der Waals surface area contributed by atoms with E-state index >= 15 is 4.39 Å². The fourth-order valence-corrected chi connectivity index (χ4v) is 6.73. The molecular formula is C31H31ClFN3OS. The van der Waals surface area contributed by atoms with E-state index in [-0.39, 0.29) is 24.3 Å². The highest BCUT2D eigenvalue weighted by Crippen LogP contribution is 2.38. The number of thiophene rings is 1. The van der Waals surface area contributed by atoms with Crippen molar-refractivity contribution in [2.24, 2.45) is 0 Å². The van der Waals surface area contributed by atoms with Crippen LogP contribution in [0.15, 0.2) is 79.5 Å². The van der Waals surface area contributed by atoms with Gasteiger partial charge in [-0.1, -0.05) is 54.6 Å². The number of anilines is 1. The highest BCUT2D eigenvalue weighted by atomic mass is 35.5. The SMILES string of the molecule is C=CNc1ccc(-c2ccc(F)c(CN(C(=O)c3sc4ccccc4c3Cl)[C@H]3CC[C@H](NC)CC3)c2)cc1. The number of amides is 1. The van der Waals surface area contributed by atoms with Gasteiger partial charge >= 0.3 is 0 Å². The van der Waals surface area contributed by atoms with Crippen molar-refractivity contribution in [3.05, 3.63) is 101 Å². The average molecular weight is 548 g/mol. The van der Waals surface area contributed by atoms with Crippen LogP contribution < -0.4 is 10.6 Å². The molecule has 1 saturated carbocycles. The number of nitrogens with one attached hydrogen (secondary N) is 2. The number of hydrogen-bond acceptors (Lipinski definition) is 4. The van der Waals surface area contributed by atoms with Crippen LogP contribution in [0, 0.1) is 5.82 Å². The summed E-state index contributed by atoms with van der Waals surface area (Å²) in [6, 6.07) is 21.3. The summed E-state index contributed by atoms with van der Waals surface area (Å²) in [5.74, 6) is -0.448. The van der Waals surface area contributed by atoms with Crippen LogP contribution >= 0.6 is 22.9 Å². The fraction of sp³-hybridized carbons (Fsp3) is 0.258. The Labute approximate surface area is 232 Å². The standard InChI is InChI=1S/C31H31ClFN3OS/c1-3-35-24-11-8-20(9-12-24)21-10-17-27(33)22(18-21)19-36(25-15-13-23(34-2)14-16-25)31(37)30-29(32)26-6-4-5-7-28(26)38-30/h3-12,17-18,23,25,34-35H,1,13-16,19H2,2H3/t23-,25-. The lowest BCUT2D eigenvalue weighted by atomic mass is 9.89. The lowest BCUT2D eigenvalue weighted by Gasteiger charge is -2.37. The second-order valence-electron chi connectivity index (χ2n) is 9.70. The van der Waals surface area contributed by atoms with Crippen molar-refractivity contribution < 1.29 is 9.18 Å². The summed E-state index contributed by atoms with van der Waals surface area (Å²) < 4.78 is 16.2. The van der Waals surface area contributed by atoms with Crippen LogP contribution in [0.5, 0.6) is 0 Å². The third-order valence-electron chi connectivity index (χ3n) is 7.41. The number of carbonyl (C=O) groups is 1. The van der Waals surface area contributed by atoms with Gasteiger partial charge in [-0.15, -0.1) is 11.3 Å². The lowest BCUT2D eigenvalue weighted by molar-refractivity contribution is 0.0604. The molecule has 0 bridgehead atoms. The Morgan fingerprint density at radius 2 is 1.79 bits per heavy atom. The zero-order chi connectivity index (χ0) is 26.6. The minimum absolute atomic E-state index is 0.0145. The van der Waals surface area contributed by atoms with Crippen molar-refractivity contribution in [2.45, 2.75) is 44.3 Å². The van der Waals surface area contributed by atoms with Gasteiger partial charge in [-0.3, -0.25) is 4.79 Å². The summed E-state index contributed by atoms with van der Waals surface area (Å²) in [6.07, 6.45) is 5.29. The largest absolute Gasteiger partial charge is 0.362 e. The Hall–Kier alpha value is -3.19. The second kappa shape index (κ2) is 11.7. The molecule has 1 aliphatic rings. The van der Waals surface area contributed by atoms with E-state index in [0.717, 1.165) is 52.6 Å². The molecule has 1 heterocycles. The van der Waals surface area contributed by atoms with Crippen LogP contribution in [-0.2, 0) is 6.54 Å². The van der Waals surface area contributed by atoms with Crippen LogP contribution in [-0.4, -0.2) is 29.9 Å². The molecule has 0 saturated heterocycles. The van der Waals surface area contributed by atoms with Gasteiger partial charge in [0.2, 0.25) is 0 Å². The smallest absolute Gasteiger partial charge is 0.266 e. The molecule has 0 atom stereocenters. The molecule has 0 aliphatic heterocycles. The monoisotopic (exact) mass is 547 g/mol. The minimum Gasteiger partial charge on any atom is -0.362 e. The molecule has 0 unspecified atom stereocenters. The number of carbonyl (C=O) groups excluding carboxylic acids is 1. The third kappa shape index (κ3) is 5.48. The summed E-state index contributed by atoms with van der Waals surface area (Å²) in [7, 11) is 1.98. The summed E-state index contributed by atoms with van der Waals surface area (Å²) >= 11 is 8.13. The van der Waals surface area contributed by atoms with E-state index < -0.39 is 0 Å². The first-order valence-electron chi connectivity index (χ1n) is 12.9. The molecule has 1 amide bonds. The number of nitrogens with zero attached hydrogens (tertiary/aromatic N) is 1. The normalized spacial score (nSPS) is 17.3. The molecule has 2 N–H and O–H groups in total. The Morgan fingerprint density at radius 3 is 2.47 bits per heavy atom. The van der Waals surface area contributed by atoms with Crippen LogP contribution in [0.2, 0.25) is 5.02 Å². The third-order valence-corrected chi connectivity index (χ3v) is 9.07. The maximum absolute atomic E-state index is 15.2. The van der Waals surface area contributed by atoms with E-state index in [9.17, 15) is 4.79 Å². The molecule has 1 fully saturated rings. The van der Waals surface area contributed by atoms with Crippen LogP contribution in [0.1, 0.15) is 40.9 Å². The summed E-state index contributed by atoms with van der Waals surface area (Å²) in [5.41, 5.74) is 3.30. The predicted octanol–water partition coefficient (Wildman–Crippen LogP) is 8.09. The molecule has 1 aliphatic carbocycles. The van der Waals surface area contributed by atoms with Gasteiger partial charge in [-0.05, 0) is 80.4 Å². The number of hydrogen-bond donors (Lipinski definition) is 2. The zero-order valence-electron chi connectivity index (χ0n) is 21.3. The van der Waals surface area contributed by atoms with Crippen LogP contribution in [0.25, 0.3) is 21.2 Å². The van der Waals surface area contributed by atoms with Crippen LogP contribution in [0.4, 0.5) is 10.1 Å². The van der Waals surface area contributed by atoms with Crippen molar-refractivity contribution in [2.75, 3.05) is 12.4 Å². The van der Waals surface area contributed by atoms with Gasteiger partial charge in [0.05, 0.1) is 5.02 Å². The molecule has 4 aromatic rings. The molecule has 3 aromatic carbocycles. The fourth-order valence-electron chi connectivity index (χ4n) is 5.26. The van der Waals surface area contributed by atoms with Crippen molar-refractivity contribution in [3.63, 3.8) is 0 Å². The molecule has 1 aromatic heterocycles. The molecule has 196 valence electrons. The topological polar surface area (TPSA) is 44.4 Å². The Balaban J connectivity index is 1.48. The van der Waals surface area contributed by atoms with E-state index in [2.05, 4.69) is 17.2 Å². The zero-order valence-corrected chi connectivity index (χ0v) is 22.9. The summed E-state index contributed by atoms with van der Waals surface area (Å²) in [5, 5.41) is 7.78. The number of benzene rings is 3. The predicted molar refractivity (Wildman–Crippen MR) is 157 cm³/mol. The Morgan fingerprint density at radius 1 is 1.08 bits per heavy atom. The summed E-state index contributed by atoms with van der Waals surface area (Å²) in [6.45, 7) is 3.88. The molecule has 4 nitrogen and oxygen atoms in total. The molecule has 7 heteroatoms. The first-order valence-corrected chi connectivity index (χ1v) is 14.1. The van der Waals surface area contributed by atoms with Gasteiger partial charge in [0.1, 0.15) is 10.7 Å². The first-order chi connectivity index (χ1) is 18.5. The average Bonchev–Trinajstić information content (AvgIpc) is 3.29. The van der Waals surface area contributed by atoms with Gasteiger partial charge in [0, 0.05) is 40.0 Å². The molecular weight excluding hydrogens is 517 g/mol. The molecule has 38 heavy (non-hydrogen) atoms. The van der Waals surface area contributed by atoms with Gasteiger partial charge in [-0.25, -0.2) is 4.39 Å². The summed E-state index contributed by atoms with van der Waals surface area (Å²) in [4.78, 5) is 16.4. The Bertz CT molecular complexity index is 1440. The Kier molecular flexibility index (Phi) is 8.12.